The zero-order chi connectivity index (χ0) is 21.6. The molecule has 158 valence electrons. The number of nitrogens with zero attached hydrogens (tertiary/aromatic N) is 5. The highest BCUT2D eigenvalue weighted by Gasteiger charge is 2.59. The van der Waals surface area contributed by atoms with Gasteiger partial charge in [-0.3, -0.25) is 9.36 Å². The zero-order valence-electron chi connectivity index (χ0n) is 17.3. The van der Waals surface area contributed by atoms with E-state index in [2.05, 4.69) is 20.6 Å². The molecule has 3 aliphatic rings. The van der Waals surface area contributed by atoms with Gasteiger partial charge in [0.05, 0.1) is 11.0 Å². The lowest BCUT2D eigenvalue weighted by Crippen LogP contribution is -2.59. The Morgan fingerprint density at radius 3 is 2.41 bits per heavy atom. The number of aromatic nitrogens is 5. The summed E-state index contributed by atoms with van der Waals surface area (Å²) < 4.78 is 9.41. The predicted octanol–water partition coefficient (Wildman–Crippen LogP) is 3.82. The van der Waals surface area contributed by atoms with Gasteiger partial charge in [-0.05, 0) is 49.4 Å². The molecule has 2 aromatic carbocycles. The maximum atomic E-state index is 13.0. The molecule has 0 radical (unpaired) electrons. The van der Waals surface area contributed by atoms with Gasteiger partial charge in [-0.2, -0.15) is 0 Å². The Hall–Kier alpha value is -3.94. The van der Waals surface area contributed by atoms with Crippen molar-refractivity contribution >= 4 is 22.1 Å². The molecule has 0 unspecified atom stereocenters. The maximum absolute atomic E-state index is 13.0. The van der Waals surface area contributed by atoms with Crippen molar-refractivity contribution in [3.8, 4) is 29.0 Å². The number of imidazole rings is 1. The molecule has 3 saturated carbocycles. The molecule has 8 heteroatoms. The maximum Gasteiger partial charge on any atom is 0.296 e. The fraction of sp³-hybridized carbons (Fsp3) is 0.250. The van der Waals surface area contributed by atoms with Gasteiger partial charge in [-0.25, -0.2) is 15.0 Å². The van der Waals surface area contributed by atoms with Crippen LogP contribution in [0.1, 0.15) is 19.3 Å². The molecule has 1 N–H and O–H groups in total. The standard InChI is InChI=1S/C24H19N5O3/c1-28-20(21-25-14-6-2-4-8-16(14)29(21)24-10-13(11-24)12-24)27-18(19(30)23(28)31)22-26-15-7-3-5-9-17(15)32-22/h2-9,13,30H,10-12H2,1H3. The van der Waals surface area contributed by atoms with Crippen LogP contribution in [0.3, 0.4) is 0 Å². The summed E-state index contributed by atoms with van der Waals surface area (Å²) in [6.45, 7) is 0. The molecule has 3 heterocycles. The largest absolute Gasteiger partial charge is 0.501 e. The molecule has 0 aliphatic heterocycles. The topological polar surface area (TPSA) is 99.0 Å². The summed E-state index contributed by atoms with van der Waals surface area (Å²) in [6, 6.07) is 15.3. The lowest BCUT2D eigenvalue weighted by atomic mass is 9.49. The Bertz CT molecular complexity index is 1580. The van der Waals surface area contributed by atoms with Crippen molar-refractivity contribution < 1.29 is 9.52 Å². The van der Waals surface area contributed by atoms with Crippen LogP contribution in [-0.2, 0) is 12.6 Å². The van der Waals surface area contributed by atoms with Crippen molar-refractivity contribution in [2.75, 3.05) is 0 Å². The lowest BCUT2D eigenvalue weighted by molar-refractivity contribution is -0.0847. The number of hydrogen-bond donors (Lipinski definition) is 1. The van der Waals surface area contributed by atoms with Crippen LogP contribution in [-0.4, -0.2) is 29.2 Å². The quantitative estimate of drug-likeness (QED) is 0.472. The Balaban J connectivity index is 1.51. The highest BCUT2D eigenvalue weighted by molar-refractivity contribution is 5.81. The molecule has 8 rings (SSSR count). The van der Waals surface area contributed by atoms with Crippen LogP contribution in [0.2, 0.25) is 0 Å². The van der Waals surface area contributed by atoms with Crippen molar-refractivity contribution in [3.05, 3.63) is 58.9 Å². The third-order valence-corrected chi connectivity index (χ3v) is 7.00. The second-order valence-electron chi connectivity index (χ2n) is 8.95. The SMILES string of the molecule is Cn1c(-c2nc3ccccc3n2C23CC(C2)C3)nc(-c2nc3ccccc3o2)c(O)c1=O. The molecule has 0 amide bonds. The van der Waals surface area contributed by atoms with Crippen LogP contribution < -0.4 is 5.56 Å². The smallest absolute Gasteiger partial charge is 0.296 e. The van der Waals surface area contributed by atoms with Crippen molar-refractivity contribution in [2.24, 2.45) is 13.0 Å². The summed E-state index contributed by atoms with van der Waals surface area (Å²) in [6.07, 6.45) is 3.35. The van der Waals surface area contributed by atoms with Gasteiger partial charge >= 0.3 is 0 Å². The van der Waals surface area contributed by atoms with Crippen molar-refractivity contribution in [2.45, 2.75) is 24.8 Å². The Morgan fingerprint density at radius 2 is 1.69 bits per heavy atom. The summed E-state index contributed by atoms with van der Waals surface area (Å²) >= 11 is 0. The molecule has 5 aromatic rings. The summed E-state index contributed by atoms with van der Waals surface area (Å²) in [4.78, 5) is 27.0. The Kier molecular flexibility index (Phi) is 3.24. The third-order valence-electron chi connectivity index (χ3n) is 7.00. The summed E-state index contributed by atoms with van der Waals surface area (Å²) in [5, 5.41) is 10.6. The van der Waals surface area contributed by atoms with Gasteiger partial charge in [0.25, 0.3) is 5.56 Å². The molecule has 0 atom stereocenters. The minimum Gasteiger partial charge on any atom is -0.501 e. The second kappa shape index (κ2) is 5.85. The first-order valence-electron chi connectivity index (χ1n) is 10.7. The fourth-order valence-electron chi connectivity index (χ4n) is 5.28. The first-order valence-corrected chi connectivity index (χ1v) is 10.7. The van der Waals surface area contributed by atoms with Crippen molar-refractivity contribution in [1.29, 1.82) is 0 Å². The average Bonchev–Trinajstić information content (AvgIpc) is 3.32. The van der Waals surface area contributed by atoms with Crippen LogP contribution in [0.15, 0.2) is 57.7 Å². The normalized spacial score (nSPS) is 21.6. The first kappa shape index (κ1) is 17.7. The van der Waals surface area contributed by atoms with Gasteiger partial charge in [-0.15, -0.1) is 0 Å². The van der Waals surface area contributed by atoms with E-state index < -0.39 is 11.3 Å². The highest BCUT2D eigenvalue weighted by Crippen LogP contribution is 2.63. The Labute approximate surface area is 181 Å². The fourth-order valence-corrected chi connectivity index (χ4v) is 5.28. The number of benzene rings is 2. The van der Waals surface area contributed by atoms with E-state index in [1.807, 2.05) is 36.4 Å². The zero-order valence-corrected chi connectivity index (χ0v) is 17.3. The molecule has 3 aliphatic carbocycles. The van der Waals surface area contributed by atoms with E-state index in [0.29, 0.717) is 22.7 Å². The van der Waals surface area contributed by atoms with Gasteiger partial charge in [-0.1, -0.05) is 24.3 Å². The first-order chi connectivity index (χ1) is 15.5. The minimum absolute atomic E-state index is 0.0236. The molecule has 3 fully saturated rings. The van der Waals surface area contributed by atoms with E-state index in [1.54, 1.807) is 13.1 Å². The van der Waals surface area contributed by atoms with Gasteiger partial charge < -0.3 is 14.1 Å². The van der Waals surface area contributed by atoms with Gasteiger partial charge in [0.2, 0.25) is 11.6 Å². The number of oxazole rings is 1. The van der Waals surface area contributed by atoms with E-state index in [1.165, 1.54) is 4.57 Å². The Morgan fingerprint density at radius 1 is 0.969 bits per heavy atom. The number of rotatable bonds is 3. The summed E-state index contributed by atoms with van der Waals surface area (Å²) in [7, 11) is 1.60. The van der Waals surface area contributed by atoms with Crippen LogP contribution in [0, 0.1) is 5.92 Å². The van der Waals surface area contributed by atoms with E-state index in [-0.39, 0.29) is 17.1 Å². The monoisotopic (exact) mass is 425 g/mol. The highest BCUT2D eigenvalue weighted by atomic mass is 16.4. The van der Waals surface area contributed by atoms with Gasteiger partial charge in [0.15, 0.2) is 22.9 Å². The molecule has 2 bridgehead atoms. The number of aromatic hydroxyl groups is 1. The van der Waals surface area contributed by atoms with E-state index in [0.717, 1.165) is 36.2 Å². The van der Waals surface area contributed by atoms with E-state index in [9.17, 15) is 9.90 Å². The van der Waals surface area contributed by atoms with Crippen LogP contribution in [0.5, 0.6) is 5.75 Å². The second-order valence-corrected chi connectivity index (χ2v) is 8.95. The molecule has 32 heavy (non-hydrogen) atoms. The van der Waals surface area contributed by atoms with Crippen LogP contribution in [0.25, 0.3) is 45.4 Å². The third kappa shape index (κ3) is 2.16. The number of para-hydroxylation sites is 4. The number of hydrogen-bond acceptors (Lipinski definition) is 6. The molecular weight excluding hydrogens is 406 g/mol. The lowest BCUT2D eigenvalue weighted by Gasteiger charge is -2.62. The van der Waals surface area contributed by atoms with Gasteiger partial charge in [0.1, 0.15) is 5.52 Å². The predicted molar refractivity (Wildman–Crippen MR) is 118 cm³/mol. The average molecular weight is 425 g/mol. The molecule has 3 aromatic heterocycles. The van der Waals surface area contributed by atoms with Crippen LogP contribution in [0.4, 0.5) is 0 Å². The van der Waals surface area contributed by atoms with Crippen LogP contribution >= 0.6 is 0 Å². The molecule has 0 saturated heterocycles. The molecule has 8 nitrogen and oxygen atoms in total. The van der Waals surface area contributed by atoms with E-state index in [4.69, 9.17) is 9.40 Å². The van der Waals surface area contributed by atoms with Crippen molar-refractivity contribution in [3.63, 3.8) is 0 Å². The number of fused-ring (bicyclic) bond motifs is 2. The van der Waals surface area contributed by atoms with E-state index >= 15 is 0 Å². The summed E-state index contributed by atoms with van der Waals surface area (Å²) in [5.41, 5.74) is 2.58. The molecule has 0 spiro atoms. The molecular formula is C24H19N5O3. The van der Waals surface area contributed by atoms with Crippen molar-refractivity contribution in [1.82, 2.24) is 24.1 Å². The van der Waals surface area contributed by atoms with Gasteiger partial charge in [0, 0.05) is 12.6 Å². The minimum atomic E-state index is -0.566. The summed E-state index contributed by atoms with van der Waals surface area (Å²) in [5.74, 6) is 1.40.